The average molecular weight is 437 g/mol. The van der Waals surface area contributed by atoms with Gasteiger partial charge in [-0.2, -0.15) is 0 Å². The van der Waals surface area contributed by atoms with Crippen molar-refractivity contribution in [3.05, 3.63) is 76.9 Å². The molecule has 3 rings (SSSR count). The molecule has 1 aliphatic rings. The van der Waals surface area contributed by atoms with Gasteiger partial charge in [0.05, 0.1) is 12.1 Å². The molecule has 2 aromatic carbocycles. The van der Waals surface area contributed by atoms with Crippen molar-refractivity contribution in [3.63, 3.8) is 0 Å². The summed E-state index contributed by atoms with van der Waals surface area (Å²) in [5, 5.41) is 13.1. The Bertz CT molecular complexity index is 923. The van der Waals surface area contributed by atoms with Crippen molar-refractivity contribution in [1.29, 1.82) is 0 Å². The number of amides is 1. The molecule has 2 aromatic rings. The zero-order chi connectivity index (χ0) is 23.4. The Morgan fingerprint density at radius 3 is 2.09 bits per heavy atom. The number of fused-ring (bicyclic) bond motifs is 2. The topological polar surface area (TPSA) is 61.8 Å². The molecule has 32 heavy (non-hydrogen) atoms. The molecule has 5 heteroatoms. The number of carbonyl (C=O) groups excluding carboxylic acids is 1. The van der Waals surface area contributed by atoms with Crippen molar-refractivity contribution in [1.82, 2.24) is 10.2 Å². The summed E-state index contributed by atoms with van der Waals surface area (Å²) in [7, 11) is 1.79. The highest BCUT2D eigenvalue weighted by Crippen LogP contribution is 2.33. The van der Waals surface area contributed by atoms with Crippen LogP contribution in [0.4, 0.5) is 0 Å². The van der Waals surface area contributed by atoms with Gasteiger partial charge in [0, 0.05) is 20.5 Å². The third-order valence-corrected chi connectivity index (χ3v) is 5.59. The van der Waals surface area contributed by atoms with Gasteiger partial charge in [0.1, 0.15) is 0 Å². The minimum Gasteiger partial charge on any atom is -0.353 e. The molecule has 0 saturated heterocycles. The third-order valence-electron chi connectivity index (χ3n) is 5.59. The minimum atomic E-state index is -1.56. The van der Waals surface area contributed by atoms with E-state index in [0.29, 0.717) is 6.54 Å². The largest absolute Gasteiger partial charge is 0.353 e. The van der Waals surface area contributed by atoms with Crippen LogP contribution in [0.1, 0.15) is 56.4 Å². The van der Waals surface area contributed by atoms with Crippen LogP contribution in [0.15, 0.2) is 54.6 Å². The summed E-state index contributed by atoms with van der Waals surface area (Å²) in [4.78, 5) is 14.3. The number of nitrogens with one attached hydrogen (secondary N) is 1. The lowest BCUT2D eigenvalue weighted by Gasteiger charge is -2.33. The van der Waals surface area contributed by atoms with E-state index in [1.54, 1.807) is 11.9 Å². The molecule has 0 heterocycles. The molecule has 0 bridgehead atoms. The van der Waals surface area contributed by atoms with Crippen molar-refractivity contribution in [2.75, 3.05) is 20.1 Å². The number of aliphatic hydroxyl groups is 1. The summed E-state index contributed by atoms with van der Waals surface area (Å²) < 4.78 is 5.56. The number of hydrogen-bond donors (Lipinski definition) is 2. The van der Waals surface area contributed by atoms with E-state index in [1.807, 2.05) is 20.8 Å². The first-order valence-corrected chi connectivity index (χ1v) is 11.3. The molecule has 1 amide bonds. The van der Waals surface area contributed by atoms with Crippen molar-refractivity contribution >= 4 is 11.5 Å². The molecular formula is C27H36N2O3. The highest BCUT2D eigenvalue weighted by atomic mass is 16.7. The number of hydrogen-bond acceptors (Lipinski definition) is 4. The molecule has 0 spiro atoms. The first kappa shape index (κ1) is 24.2. The second-order valence-electron chi connectivity index (χ2n) is 9.59. The summed E-state index contributed by atoms with van der Waals surface area (Å²) in [5.41, 5.74) is 6.01. The molecule has 0 aliphatic heterocycles. The van der Waals surface area contributed by atoms with Crippen LogP contribution in [0, 0.1) is 0 Å². The van der Waals surface area contributed by atoms with Gasteiger partial charge in [0.2, 0.25) is 11.8 Å². The second-order valence-corrected chi connectivity index (χ2v) is 9.59. The molecule has 0 radical (unpaired) electrons. The molecule has 5 nitrogen and oxygen atoms in total. The van der Waals surface area contributed by atoms with Crippen molar-refractivity contribution in [2.24, 2.45) is 0 Å². The minimum absolute atomic E-state index is 0.00180. The van der Waals surface area contributed by atoms with Gasteiger partial charge < -0.3 is 14.7 Å². The summed E-state index contributed by atoms with van der Waals surface area (Å²) in [6.07, 6.45) is 5.06. The number of carbonyl (C=O) groups is 1. The Hall–Kier alpha value is -2.47. The molecule has 1 atom stereocenters. The van der Waals surface area contributed by atoms with E-state index in [0.717, 1.165) is 19.3 Å². The van der Waals surface area contributed by atoms with Gasteiger partial charge in [-0.15, -0.1) is 0 Å². The summed E-state index contributed by atoms with van der Waals surface area (Å²) in [6, 6.07) is 17.2. The fourth-order valence-corrected chi connectivity index (χ4v) is 4.17. The van der Waals surface area contributed by atoms with Gasteiger partial charge in [0.15, 0.2) is 0 Å². The quantitative estimate of drug-likeness (QED) is 0.641. The lowest BCUT2D eigenvalue weighted by molar-refractivity contribution is -0.258. The highest BCUT2D eigenvalue weighted by molar-refractivity contribution is 5.84. The molecule has 1 unspecified atom stereocenters. The third kappa shape index (κ3) is 6.52. The van der Waals surface area contributed by atoms with E-state index in [9.17, 15) is 9.90 Å². The number of nitrogens with zero attached hydrogens (tertiary/aromatic N) is 1. The molecule has 0 fully saturated rings. The highest BCUT2D eigenvalue weighted by Gasteiger charge is 2.28. The predicted molar refractivity (Wildman–Crippen MR) is 129 cm³/mol. The number of ether oxygens (including phenoxy) is 1. The summed E-state index contributed by atoms with van der Waals surface area (Å²) in [6.45, 7) is 7.67. The molecule has 0 saturated carbocycles. The smallest absolute Gasteiger partial charge is 0.236 e. The number of likely N-dealkylation sites (N-methyl/N-ethyl adjacent to an activating group) is 1. The summed E-state index contributed by atoms with van der Waals surface area (Å²) >= 11 is 0. The van der Waals surface area contributed by atoms with Crippen LogP contribution in [-0.2, 0) is 22.4 Å². The van der Waals surface area contributed by atoms with Gasteiger partial charge >= 0.3 is 0 Å². The maximum Gasteiger partial charge on any atom is 0.236 e. The van der Waals surface area contributed by atoms with E-state index in [-0.39, 0.29) is 12.5 Å². The van der Waals surface area contributed by atoms with Crippen molar-refractivity contribution in [2.45, 2.75) is 58.5 Å². The van der Waals surface area contributed by atoms with Gasteiger partial charge in [0.25, 0.3) is 0 Å². The zero-order valence-electron chi connectivity index (χ0n) is 19.9. The maximum absolute atomic E-state index is 12.6. The first-order valence-electron chi connectivity index (χ1n) is 11.3. The molecule has 2 N–H and O–H groups in total. The zero-order valence-corrected chi connectivity index (χ0v) is 19.9. The van der Waals surface area contributed by atoms with E-state index in [4.69, 9.17) is 4.74 Å². The number of benzene rings is 2. The maximum atomic E-state index is 12.6. The van der Waals surface area contributed by atoms with Crippen LogP contribution in [-0.4, -0.2) is 47.6 Å². The first-order chi connectivity index (χ1) is 15.1. The van der Waals surface area contributed by atoms with E-state index < -0.39 is 11.5 Å². The van der Waals surface area contributed by atoms with Crippen LogP contribution in [0.5, 0.6) is 0 Å². The monoisotopic (exact) mass is 436 g/mol. The van der Waals surface area contributed by atoms with Crippen LogP contribution < -0.4 is 5.32 Å². The van der Waals surface area contributed by atoms with E-state index in [2.05, 4.69) is 59.9 Å². The summed E-state index contributed by atoms with van der Waals surface area (Å²) in [5.74, 6) is -1.66. The molecule has 0 aromatic heterocycles. The van der Waals surface area contributed by atoms with Gasteiger partial charge in [-0.25, -0.2) is 0 Å². The Kier molecular flexibility index (Phi) is 7.55. The Labute approximate surface area is 192 Å². The van der Waals surface area contributed by atoms with E-state index in [1.165, 1.54) is 34.8 Å². The molecule has 172 valence electrons. The normalized spacial score (nSPS) is 15.2. The lowest BCUT2D eigenvalue weighted by Crippen LogP contribution is -2.52. The van der Waals surface area contributed by atoms with Gasteiger partial charge in [-0.1, -0.05) is 54.6 Å². The second kappa shape index (κ2) is 9.99. The lowest BCUT2D eigenvalue weighted by atomic mass is 9.93. The van der Waals surface area contributed by atoms with E-state index >= 15 is 0 Å². The predicted octanol–water partition coefficient (Wildman–Crippen LogP) is 4.14. The van der Waals surface area contributed by atoms with Gasteiger partial charge in [-0.05, 0) is 67.9 Å². The Morgan fingerprint density at radius 2 is 1.56 bits per heavy atom. The number of aryl methyl sites for hydroxylation is 2. The van der Waals surface area contributed by atoms with Crippen LogP contribution in [0.25, 0.3) is 5.57 Å². The SMILES string of the molecule is CN(CCC=C1c2ccccc2CCc2ccccc21)C(=O)CNC(C)(O)OC(C)(C)C. The van der Waals surface area contributed by atoms with Crippen LogP contribution >= 0.6 is 0 Å². The standard InChI is InChI=1S/C27H36N2O3/c1-26(2,3)32-27(4,31)28-19-25(30)29(5)18-10-15-24-22-13-8-6-11-20(22)16-17-21-12-7-9-14-23(21)24/h6-9,11-15,28,31H,10,16-19H2,1-5H3. The Morgan fingerprint density at radius 1 is 1.03 bits per heavy atom. The fourth-order valence-electron chi connectivity index (χ4n) is 4.17. The molecular weight excluding hydrogens is 400 g/mol. The molecule has 1 aliphatic carbocycles. The average Bonchev–Trinajstić information content (AvgIpc) is 2.88. The van der Waals surface area contributed by atoms with Crippen molar-refractivity contribution < 1.29 is 14.6 Å². The fraction of sp³-hybridized carbons (Fsp3) is 0.444. The van der Waals surface area contributed by atoms with Crippen LogP contribution in [0.2, 0.25) is 0 Å². The van der Waals surface area contributed by atoms with Crippen LogP contribution in [0.3, 0.4) is 0 Å². The Balaban J connectivity index is 1.66. The van der Waals surface area contributed by atoms with Gasteiger partial charge in [-0.3, -0.25) is 10.1 Å². The number of rotatable bonds is 7. The van der Waals surface area contributed by atoms with Crippen molar-refractivity contribution in [3.8, 4) is 0 Å².